The third-order valence-electron chi connectivity index (χ3n) is 3.28. The van der Waals surface area contributed by atoms with Gasteiger partial charge in [0.2, 0.25) is 0 Å². The molecule has 94 valence electrons. The summed E-state index contributed by atoms with van der Waals surface area (Å²) in [6.45, 7) is 6.70. The maximum absolute atomic E-state index is 5.37. The largest absolute Gasteiger partial charge is 0.308 e. The van der Waals surface area contributed by atoms with Crippen molar-refractivity contribution in [1.29, 1.82) is 0 Å². The molecule has 2 rings (SSSR count). The molecule has 4 heteroatoms. The van der Waals surface area contributed by atoms with Gasteiger partial charge in [0.25, 0.3) is 0 Å². The molecule has 0 radical (unpaired) electrons. The summed E-state index contributed by atoms with van der Waals surface area (Å²) in [6.07, 6.45) is 4.60. The number of nitrogens with two attached hydrogens (primary N) is 1. The fourth-order valence-electron chi connectivity index (χ4n) is 1.98. The van der Waals surface area contributed by atoms with Crippen LogP contribution in [0.4, 0.5) is 5.82 Å². The summed E-state index contributed by atoms with van der Waals surface area (Å²) in [4.78, 5) is 6.65. The average molecular weight is 234 g/mol. The molecule has 1 aliphatic rings. The SMILES string of the molecule is CC(C)N(Cc1ccnc(NN)c1)CC1CC1. The van der Waals surface area contributed by atoms with Crippen molar-refractivity contribution >= 4 is 5.82 Å². The summed E-state index contributed by atoms with van der Waals surface area (Å²) in [6, 6.07) is 4.66. The summed E-state index contributed by atoms with van der Waals surface area (Å²) in [5, 5.41) is 0. The fraction of sp³-hybridized carbons (Fsp3) is 0.615. The zero-order valence-corrected chi connectivity index (χ0v) is 10.7. The predicted octanol–water partition coefficient (Wildman–Crippen LogP) is 1.99. The van der Waals surface area contributed by atoms with E-state index in [1.54, 1.807) is 6.20 Å². The zero-order chi connectivity index (χ0) is 12.3. The van der Waals surface area contributed by atoms with Gasteiger partial charge in [-0.05, 0) is 50.3 Å². The van der Waals surface area contributed by atoms with Crippen LogP contribution in [-0.4, -0.2) is 22.5 Å². The highest BCUT2D eigenvalue weighted by molar-refractivity contribution is 5.35. The highest BCUT2D eigenvalue weighted by Gasteiger charge is 2.25. The number of pyridine rings is 1. The van der Waals surface area contributed by atoms with E-state index in [1.165, 1.54) is 24.9 Å². The number of nitrogens with zero attached hydrogens (tertiary/aromatic N) is 2. The lowest BCUT2D eigenvalue weighted by Crippen LogP contribution is -2.32. The van der Waals surface area contributed by atoms with E-state index in [2.05, 4.69) is 35.2 Å². The summed E-state index contributed by atoms with van der Waals surface area (Å²) in [7, 11) is 0. The predicted molar refractivity (Wildman–Crippen MR) is 70.3 cm³/mol. The molecule has 0 amide bonds. The van der Waals surface area contributed by atoms with Crippen molar-refractivity contribution < 1.29 is 0 Å². The first-order valence-corrected chi connectivity index (χ1v) is 6.34. The van der Waals surface area contributed by atoms with Crippen molar-refractivity contribution in [1.82, 2.24) is 9.88 Å². The lowest BCUT2D eigenvalue weighted by molar-refractivity contribution is 0.204. The van der Waals surface area contributed by atoms with Crippen LogP contribution in [0.2, 0.25) is 0 Å². The fourth-order valence-corrected chi connectivity index (χ4v) is 1.98. The molecule has 3 N–H and O–H groups in total. The van der Waals surface area contributed by atoms with Crippen LogP contribution < -0.4 is 11.3 Å². The van der Waals surface area contributed by atoms with Gasteiger partial charge in [0.1, 0.15) is 5.82 Å². The molecule has 0 atom stereocenters. The van der Waals surface area contributed by atoms with Crippen molar-refractivity contribution in [2.45, 2.75) is 39.3 Å². The molecule has 0 unspecified atom stereocenters. The Morgan fingerprint density at radius 3 is 2.88 bits per heavy atom. The van der Waals surface area contributed by atoms with Gasteiger partial charge in [0.05, 0.1) is 0 Å². The van der Waals surface area contributed by atoms with Gasteiger partial charge in [-0.25, -0.2) is 10.8 Å². The van der Waals surface area contributed by atoms with E-state index in [1.807, 2.05) is 6.07 Å². The normalized spacial score (nSPS) is 15.6. The summed E-state index contributed by atoms with van der Waals surface area (Å²) in [5.41, 5.74) is 3.86. The molecule has 1 fully saturated rings. The second-order valence-electron chi connectivity index (χ2n) is 5.16. The van der Waals surface area contributed by atoms with Gasteiger partial charge in [-0.15, -0.1) is 0 Å². The molecule has 17 heavy (non-hydrogen) atoms. The maximum Gasteiger partial charge on any atom is 0.140 e. The first-order valence-electron chi connectivity index (χ1n) is 6.34. The van der Waals surface area contributed by atoms with Crippen molar-refractivity contribution in [3.8, 4) is 0 Å². The summed E-state index contributed by atoms with van der Waals surface area (Å²) < 4.78 is 0. The van der Waals surface area contributed by atoms with Gasteiger partial charge >= 0.3 is 0 Å². The molecular formula is C13H22N4. The van der Waals surface area contributed by atoms with E-state index in [0.717, 1.165) is 18.3 Å². The number of nitrogen functional groups attached to an aromatic ring is 1. The molecule has 0 bridgehead atoms. The van der Waals surface area contributed by atoms with Crippen LogP contribution in [0.15, 0.2) is 18.3 Å². The Hall–Kier alpha value is -1.13. The minimum atomic E-state index is 0.582. The first-order chi connectivity index (χ1) is 8.19. The number of rotatable bonds is 6. The van der Waals surface area contributed by atoms with Gasteiger partial charge in [0, 0.05) is 25.3 Å². The topological polar surface area (TPSA) is 54.2 Å². The van der Waals surface area contributed by atoms with Crippen LogP contribution in [0, 0.1) is 5.92 Å². The second-order valence-corrected chi connectivity index (χ2v) is 5.16. The van der Waals surface area contributed by atoms with Gasteiger partial charge < -0.3 is 5.43 Å². The molecule has 4 nitrogen and oxygen atoms in total. The van der Waals surface area contributed by atoms with E-state index in [0.29, 0.717) is 6.04 Å². The standard InChI is InChI=1S/C13H22N4/c1-10(2)17(8-11-3-4-11)9-12-5-6-15-13(7-12)16-14/h5-7,10-11H,3-4,8-9,14H2,1-2H3,(H,15,16). The Labute approximate surface area is 103 Å². The van der Waals surface area contributed by atoms with Gasteiger partial charge in [-0.1, -0.05) is 0 Å². The third-order valence-corrected chi connectivity index (χ3v) is 3.28. The Kier molecular flexibility index (Phi) is 3.97. The van der Waals surface area contributed by atoms with Gasteiger partial charge in [-0.3, -0.25) is 4.90 Å². The van der Waals surface area contributed by atoms with Crippen LogP contribution in [0.1, 0.15) is 32.3 Å². The maximum atomic E-state index is 5.37. The Morgan fingerprint density at radius 1 is 1.53 bits per heavy atom. The first kappa shape index (κ1) is 12.3. The van der Waals surface area contributed by atoms with Crippen LogP contribution in [0.5, 0.6) is 0 Å². The van der Waals surface area contributed by atoms with Crippen molar-refractivity contribution in [3.63, 3.8) is 0 Å². The number of hydrazine groups is 1. The molecule has 1 saturated carbocycles. The highest BCUT2D eigenvalue weighted by atomic mass is 15.2. The molecule has 0 saturated heterocycles. The molecule has 0 aromatic carbocycles. The molecule has 1 heterocycles. The minimum Gasteiger partial charge on any atom is -0.308 e. The average Bonchev–Trinajstić information content (AvgIpc) is 3.12. The molecule has 1 aliphatic carbocycles. The van der Waals surface area contributed by atoms with Gasteiger partial charge in [-0.2, -0.15) is 0 Å². The van der Waals surface area contributed by atoms with Crippen LogP contribution >= 0.6 is 0 Å². The minimum absolute atomic E-state index is 0.582. The van der Waals surface area contributed by atoms with Crippen LogP contribution in [0.3, 0.4) is 0 Å². The lowest BCUT2D eigenvalue weighted by Gasteiger charge is -2.26. The number of nitrogens with one attached hydrogen (secondary N) is 1. The zero-order valence-electron chi connectivity index (χ0n) is 10.7. The van der Waals surface area contributed by atoms with Crippen LogP contribution in [-0.2, 0) is 6.54 Å². The summed E-state index contributed by atoms with van der Waals surface area (Å²) >= 11 is 0. The number of anilines is 1. The van der Waals surface area contributed by atoms with Crippen molar-refractivity contribution in [2.75, 3.05) is 12.0 Å². The summed E-state index contributed by atoms with van der Waals surface area (Å²) in [5.74, 6) is 7.03. The van der Waals surface area contributed by atoms with E-state index in [-0.39, 0.29) is 0 Å². The van der Waals surface area contributed by atoms with Crippen molar-refractivity contribution in [2.24, 2.45) is 11.8 Å². The Morgan fingerprint density at radius 2 is 2.29 bits per heavy atom. The Bertz CT molecular complexity index is 360. The lowest BCUT2D eigenvalue weighted by atomic mass is 10.2. The molecule has 0 aliphatic heterocycles. The van der Waals surface area contributed by atoms with E-state index in [4.69, 9.17) is 5.84 Å². The molecule has 1 aromatic heterocycles. The second kappa shape index (κ2) is 5.47. The Balaban J connectivity index is 1.99. The smallest absolute Gasteiger partial charge is 0.140 e. The number of hydrogen-bond donors (Lipinski definition) is 2. The molecule has 1 aromatic rings. The van der Waals surface area contributed by atoms with E-state index in [9.17, 15) is 0 Å². The third kappa shape index (κ3) is 3.68. The van der Waals surface area contributed by atoms with Crippen molar-refractivity contribution in [3.05, 3.63) is 23.9 Å². The van der Waals surface area contributed by atoms with E-state index >= 15 is 0 Å². The van der Waals surface area contributed by atoms with Crippen LogP contribution in [0.25, 0.3) is 0 Å². The number of aromatic nitrogens is 1. The monoisotopic (exact) mass is 234 g/mol. The van der Waals surface area contributed by atoms with Gasteiger partial charge in [0.15, 0.2) is 0 Å². The molecular weight excluding hydrogens is 212 g/mol. The highest BCUT2D eigenvalue weighted by Crippen LogP contribution is 2.30. The molecule has 0 spiro atoms. The number of hydrogen-bond acceptors (Lipinski definition) is 4. The quantitative estimate of drug-likeness (QED) is 0.584. The van der Waals surface area contributed by atoms with E-state index < -0.39 is 0 Å².